The molecule has 2 heterocycles. The summed E-state index contributed by atoms with van der Waals surface area (Å²) in [4.78, 5) is 6.39. The van der Waals surface area contributed by atoms with Gasteiger partial charge < -0.3 is 19.7 Å². The largest absolute Gasteiger partial charge is 0.486 e. The van der Waals surface area contributed by atoms with Gasteiger partial charge in [-0.2, -0.15) is 0 Å². The van der Waals surface area contributed by atoms with Gasteiger partial charge in [-0.05, 0) is 23.8 Å². The summed E-state index contributed by atoms with van der Waals surface area (Å²) in [6.07, 6.45) is 1.93. The van der Waals surface area contributed by atoms with Crippen molar-refractivity contribution in [2.45, 2.75) is 12.6 Å². The molecule has 0 fully saturated rings. The number of benzene rings is 1. The molecule has 22 heavy (non-hydrogen) atoms. The average molecular weight is 299 g/mol. The molecule has 1 N–H and O–H groups in total. The van der Waals surface area contributed by atoms with Gasteiger partial charge in [0.15, 0.2) is 11.5 Å². The van der Waals surface area contributed by atoms with Crippen LogP contribution in [0.1, 0.15) is 5.56 Å². The van der Waals surface area contributed by atoms with Gasteiger partial charge in [0, 0.05) is 33.4 Å². The lowest BCUT2D eigenvalue weighted by atomic mass is 10.2. The lowest BCUT2D eigenvalue weighted by Crippen LogP contribution is -2.38. The highest BCUT2D eigenvalue weighted by atomic mass is 16.6. The van der Waals surface area contributed by atoms with Gasteiger partial charge in [0.05, 0.1) is 0 Å². The molecule has 0 unspecified atom stereocenters. The quantitative estimate of drug-likeness (QED) is 0.916. The van der Waals surface area contributed by atoms with Crippen LogP contribution in [-0.2, 0) is 6.54 Å². The van der Waals surface area contributed by atoms with Gasteiger partial charge in [-0.15, -0.1) is 0 Å². The number of ether oxygens (including phenoxy) is 2. The Balaban J connectivity index is 1.48. The van der Waals surface area contributed by atoms with Crippen molar-refractivity contribution in [3.63, 3.8) is 0 Å². The fraction of sp³-hybridized carbons (Fsp3) is 0.353. The number of fused-ring (bicyclic) bond motifs is 1. The Hall–Kier alpha value is -2.27. The molecule has 1 aromatic heterocycles. The lowest BCUT2D eigenvalue weighted by molar-refractivity contribution is 0.0902. The molecule has 1 atom stereocenters. The van der Waals surface area contributed by atoms with Crippen LogP contribution in [0, 0.1) is 0 Å². The number of hydrogen-bond acceptors (Lipinski definition) is 5. The number of anilines is 1. The van der Waals surface area contributed by atoms with Crippen molar-refractivity contribution in [3.8, 4) is 11.5 Å². The van der Waals surface area contributed by atoms with Gasteiger partial charge in [-0.25, -0.2) is 4.98 Å². The van der Waals surface area contributed by atoms with Crippen molar-refractivity contribution in [3.05, 3.63) is 48.2 Å². The molecule has 0 radical (unpaired) electrons. The Labute approximate surface area is 130 Å². The topological polar surface area (TPSA) is 46.6 Å². The Kier molecular flexibility index (Phi) is 4.44. The number of pyridine rings is 1. The van der Waals surface area contributed by atoms with Gasteiger partial charge in [-0.3, -0.25) is 0 Å². The van der Waals surface area contributed by atoms with E-state index in [1.165, 1.54) is 0 Å². The van der Waals surface area contributed by atoms with Crippen LogP contribution in [-0.4, -0.2) is 38.3 Å². The van der Waals surface area contributed by atoms with Crippen molar-refractivity contribution in [1.82, 2.24) is 10.3 Å². The summed E-state index contributed by atoms with van der Waals surface area (Å²) in [5.74, 6) is 2.60. The standard InChI is InChI=1S/C17H21N3O2/c1-20(2)17-8-7-13(10-19-17)9-18-11-14-12-21-15-5-3-4-6-16(15)22-14/h3-8,10,14,18H,9,11-12H2,1-2H3/t14-/m1/s1. The molecule has 0 saturated carbocycles. The lowest BCUT2D eigenvalue weighted by Gasteiger charge is -2.26. The zero-order valence-corrected chi connectivity index (χ0v) is 13.0. The van der Waals surface area contributed by atoms with Crippen LogP contribution >= 0.6 is 0 Å². The minimum atomic E-state index is 0.0314. The van der Waals surface area contributed by atoms with Gasteiger partial charge in [-0.1, -0.05) is 18.2 Å². The first-order chi connectivity index (χ1) is 10.7. The van der Waals surface area contributed by atoms with Crippen LogP contribution in [0.15, 0.2) is 42.6 Å². The molecule has 0 saturated heterocycles. The zero-order valence-electron chi connectivity index (χ0n) is 13.0. The number of aromatic nitrogens is 1. The highest BCUT2D eigenvalue weighted by Crippen LogP contribution is 2.30. The molecular formula is C17H21N3O2. The monoisotopic (exact) mass is 299 g/mol. The summed E-state index contributed by atoms with van der Waals surface area (Å²) in [7, 11) is 3.97. The number of nitrogens with one attached hydrogen (secondary N) is 1. The second-order valence-electron chi connectivity index (χ2n) is 5.55. The van der Waals surface area contributed by atoms with Crippen molar-refractivity contribution in [2.24, 2.45) is 0 Å². The first-order valence-corrected chi connectivity index (χ1v) is 7.44. The third-order valence-electron chi connectivity index (χ3n) is 3.54. The highest BCUT2D eigenvalue weighted by Gasteiger charge is 2.19. The van der Waals surface area contributed by atoms with E-state index in [1.54, 1.807) is 0 Å². The van der Waals surface area contributed by atoms with E-state index >= 15 is 0 Å². The summed E-state index contributed by atoms with van der Waals surface area (Å²) < 4.78 is 11.6. The smallest absolute Gasteiger partial charge is 0.161 e. The molecule has 5 nitrogen and oxygen atoms in total. The third-order valence-corrected chi connectivity index (χ3v) is 3.54. The van der Waals surface area contributed by atoms with Gasteiger partial charge in [0.1, 0.15) is 18.5 Å². The Morgan fingerprint density at radius 1 is 1.18 bits per heavy atom. The normalized spacial score (nSPS) is 16.4. The summed E-state index contributed by atoms with van der Waals surface area (Å²) in [5, 5.41) is 3.39. The summed E-state index contributed by atoms with van der Waals surface area (Å²) >= 11 is 0. The number of rotatable bonds is 5. The Morgan fingerprint density at radius 3 is 2.73 bits per heavy atom. The van der Waals surface area contributed by atoms with E-state index < -0.39 is 0 Å². The maximum atomic E-state index is 5.91. The SMILES string of the molecule is CN(C)c1ccc(CNC[C@@H]2COc3ccccc3O2)cn1. The minimum Gasteiger partial charge on any atom is -0.486 e. The van der Waals surface area contributed by atoms with Gasteiger partial charge in [0.25, 0.3) is 0 Å². The fourth-order valence-corrected chi connectivity index (χ4v) is 2.33. The molecule has 5 heteroatoms. The minimum absolute atomic E-state index is 0.0314. The highest BCUT2D eigenvalue weighted by molar-refractivity contribution is 5.40. The number of para-hydroxylation sites is 2. The predicted molar refractivity (Wildman–Crippen MR) is 86.6 cm³/mol. The van der Waals surface area contributed by atoms with Crippen LogP contribution in [0.4, 0.5) is 5.82 Å². The number of nitrogens with zero attached hydrogens (tertiary/aromatic N) is 2. The van der Waals surface area contributed by atoms with Crippen LogP contribution in [0.3, 0.4) is 0 Å². The molecule has 116 valence electrons. The molecule has 1 aliphatic rings. The molecular weight excluding hydrogens is 278 g/mol. The maximum Gasteiger partial charge on any atom is 0.161 e. The van der Waals surface area contributed by atoms with E-state index in [9.17, 15) is 0 Å². The first kappa shape index (κ1) is 14.7. The van der Waals surface area contributed by atoms with Crippen molar-refractivity contribution >= 4 is 5.82 Å². The second-order valence-corrected chi connectivity index (χ2v) is 5.55. The van der Waals surface area contributed by atoms with E-state index in [0.717, 1.165) is 36.0 Å². The molecule has 0 aliphatic carbocycles. The van der Waals surface area contributed by atoms with E-state index in [1.807, 2.05) is 55.5 Å². The van der Waals surface area contributed by atoms with Crippen LogP contribution in [0.5, 0.6) is 11.5 Å². The third kappa shape index (κ3) is 3.49. The Bertz CT molecular complexity index is 614. The predicted octanol–water partition coefficient (Wildman–Crippen LogP) is 2.08. The molecule has 0 spiro atoms. The molecule has 2 aromatic rings. The van der Waals surface area contributed by atoms with E-state index in [2.05, 4.69) is 16.4 Å². The molecule has 0 bridgehead atoms. The second kappa shape index (κ2) is 6.66. The average Bonchev–Trinajstić information content (AvgIpc) is 2.55. The van der Waals surface area contributed by atoms with E-state index in [0.29, 0.717) is 6.61 Å². The van der Waals surface area contributed by atoms with Crippen molar-refractivity contribution in [1.29, 1.82) is 0 Å². The molecule has 1 aromatic carbocycles. The van der Waals surface area contributed by atoms with Crippen LogP contribution in [0.2, 0.25) is 0 Å². The maximum absolute atomic E-state index is 5.91. The molecule has 3 rings (SSSR count). The van der Waals surface area contributed by atoms with E-state index in [4.69, 9.17) is 9.47 Å². The van der Waals surface area contributed by atoms with Gasteiger partial charge in [0.2, 0.25) is 0 Å². The molecule has 1 aliphatic heterocycles. The summed E-state index contributed by atoms with van der Waals surface area (Å²) in [6, 6.07) is 11.9. The Morgan fingerprint density at radius 2 is 2.00 bits per heavy atom. The van der Waals surface area contributed by atoms with Crippen LogP contribution in [0.25, 0.3) is 0 Å². The van der Waals surface area contributed by atoms with Crippen molar-refractivity contribution in [2.75, 3.05) is 32.1 Å². The van der Waals surface area contributed by atoms with Crippen LogP contribution < -0.4 is 19.7 Å². The summed E-state index contributed by atoms with van der Waals surface area (Å²) in [6.45, 7) is 2.08. The molecule has 0 amide bonds. The van der Waals surface area contributed by atoms with Crippen molar-refractivity contribution < 1.29 is 9.47 Å². The number of hydrogen-bond donors (Lipinski definition) is 1. The van der Waals surface area contributed by atoms with Gasteiger partial charge >= 0.3 is 0 Å². The van der Waals surface area contributed by atoms with E-state index in [-0.39, 0.29) is 6.10 Å². The zero-order chi connectivity index (χ0) is 15.4. The fourth-order valence-electron chi connectivity index (χ4n) is 2.33. The first-order valence-electron chi connectivity index (χ1n) is 7.44. The summed E-state index contributed by atoms with van der Waals surface area (Å²) in [5.41, 5.74) is 1.16.